The predicted octanol–water partition coefficient (Wildman–Crippen LogP) is 0.0706. The molecule has 1 aromatic rings. The highest BCUT2D eigenvalue weighted by Crippen LogP contribution is 2.25. The SMILES string of the molecule is Cc1c(N)cc(S(=O)(=O)O)cc1S(=O)(=O)O. The van der Waals surface area contributed by atoms with Crippen LogP contribution in [-0.4, -0.2) is 25.9 Å². The van der Waals surface area contributed by atoms with Gasteiger partial charge in [-0.25, -0.2) is 0 Å². The molecule has 0 spiro atoms. The van der Waals surface area contributed by atoms with Crippen LogP contribution in [0.15, 0.2) is 21.9 Å². The van der Waals surface area contributed by atoms with Crippen LogP contribution >= 0.6 is 0 Å². The Balaban J connectivity index is 3.72. The molecule has 0 unspecified atom stereocenters. The third-order valence-electron chi connectivity index (χ3n) is 1.95. The zero-order chi connectivity index (χ0) is 12.7. The molecule has 9 heteroatoms. The van der Waals surface area contributed by atoms with Crippen LogP contribution in [0.5, 0.6) is 0 Å². The normalized spacial score (nSPS) is 12.7. The van der Waals surface area contributed by atoms with E-state index in [1.807, 2.05) is 0 Å². The smallest absolute Gasteiger partial charge is 0.294 e. The van der Waals surface area contributed by atoms with Crippen molar-refractivity contribution in [2.75, 3.05) is 5.73 Å². The first-order valence-electron chi connectivity index (χ1n) is 3.88. The second kappa shape index (κ2) is 3.70. The molecule has 0 saturated carbocycles. The Hall–Kier alpha value is -1.16. The van der Waals surface area contributed by atoms with Gasteiger partial charge in [0.25, 0.3) is 20.2 Å². The van der Waals surface area contributed by atoms with E-state index in [1.54, 1.807) is 0 Å². The van der Waals surface area contributed by atoms with Crippen LogP contribution < -0.4 is 5.73 Å². The Bertz CT molecular complexity index is 631. The van der Waals surface area contributed by atoms with E-state index in [4.69, 9.17) is 14.8 Å². The third kappa shape index (κ3) is 2.50. The van der Waals surface area contributed by atoms with Crippen molar-refractivity contribution in [3.8, 4) is 0 Å². The zero-order valence-electron chi connectivity index (χ0n) is 8.08. The fourth-order valence-electron chi connectivity index (χ4n) is 1.10. The van der Waals surface area contributed by atoms with Crippen LogP contribution in [0.3, 0.4) is 0 Å². The predicted molar refractivity (Wildman–Crippen MR) is 55.2 cm³/mol. The standard InChI is InChI=1S/C7H9NO6S2/c1-4-6(8)2-5(15(9,10)11)3-7(4)16(12,13)14/h2-3H,8H2,1H3,(H,9,10,11)(H,12,13,14). The van der Waals surface area contributed by atoms with Crippen molar-refractivity contribution >= 4 is 25.9 Å². The quantitative estimate of drug-likeness (QED) is 0.509. The Morgan fingerprint density at radius 1 is 1.06 bits per heavy atom. The van der Waals surface area contributed by atoms with E-state index in [-0.39, 0.29) is 11.3 Å². The molecule has 0 aliphatic heterocycles. The lowest BCUT2D eigenvalue weighted by atomic mass is 10.2. The molecule has 0 aliphatic rings. The van der Waals surface area contributed by atoms with Gasteiger partial charge in [0.1, 0.15) is 4.90 Å². The van der Waals surface area contributed by atoms with Gasteiger partial charge < -0.3 is 5.73 Å². The summed E-state index contributed by atoms with van der Waals surface area (Å²) < 4.78 is 61.0. The molecular weight excluding hydrogens is 258 g/mol. The number of nitrogen functional groups attached to an aromatic ring is 1. The first-order valence-corrected chi connectivity index (χ1v) is 6.76. The molecule has 0 aliphatic carbocycles. The molecule has 0 atom stereocenters. The lowest BCUT2D eigenvalue weighted by Crippen LogP contribution is -2.07. The van der Waals surface area contributed by atoms with Crippen molar-refractivity contribution in [1.82, 2.24) is 0 Å². The number of nitrogens with two attached hydrogens (primary N) is 1. The first-order chi connectivity index (χ1) is 7.03. The van der Waals surface area contributed by atoms with Crippen molar-refractivity contribution in [3.05, 3.63) is 17.7 Å². The fourth-order valence-corrected chi connectivity index (χ4v) is 2.50. The molecule has 0 amide bonds. The van der Waals surface area contributed by atoms with Crippen molar-refractivity contribution in [2.45, 2.75) is 16.7 Å². The van der Waals surface area contributed by atoms with E-state index in [0.29, 0.717) is 6.07 Å². The molecule has 1 aromatic carbocycles. The Labute approximate surface area is 92.4 Å². The van der Waals surface area contributed by atoms with E-state index < -0.39 is 30.0 Å². The van der Waals surface area contributed by atoms with E-state index >= 15 is 0 Å². The minimum absolute atomic E-state index is 0.00917. The highest BCUT2D eigenvalue weighted by atomic mass is 32.2. The summed E-state index contributed by atoms with van der Waals surface area (Å²) in [4.78, 5) is -1.34. The number of hydrogen-bond donors (Lipinski definition) is 3. The molecule has 0 saturated heterocycles. The lowest BCUT2D eigenvalue weighted by Gasteiger charge is -2.07. The number of benzene rings is 1. The lowest BCUT2D eigenvalue weighted by molar-refractivity contribution is 0.480. The van der Waals surface area contributed by atoms with Gasteiger partial charge in [-0.2, -0.15) is 16.8 Å². The fraction of sp³-hybridized carbons (Fsp3) is 0.143. The van der Waals surface area contributed by atoms with Gasteiger partial charge in [0, 0.05) is 5.69 Å². The minimum atomic E-state index is -4.59. The summed E-state index contributed by atoms with van der Waals surface area (Å²) in [6.07, 6.45) is 0. The number of anilines is 1. The Morgan fingerprint density at radius 3 is 1.94 bits per heavy atom. The molecule has 16 heavy (non-hydrogen) atoms. The van der Waals surface area contributed by atoms with Gasteiger partial charge in [0.15, 0.2) is 0 Å². The Morgan fingerprint density at radius 2 is 1.56 bits per heavy atom. The van der Waals surface area contributed by atoms with Crippen LogP contribution in [0, 0.1) is 6.92 Å². The van der Waals surface area contributed by atoms with Gasteiger partial charge in [-0.3, -0.25) is 9.11 Å². The minimum Gasteiger partial charge on any atom is -0.398 e. The molecular formula is C7H9NO6S2. The molecule has 90 valence electrons. The van der Waals surface area contributed by atoms with Gasteiger partial charge in [-0.1, -0.05) is 0 Å². The third-order valence-corrected chi connectivity index (χ3v) is 3.76. The van der Waals surface area contributed by atoms with E-state index in [0.717, 1.165) is 6.07 Å². The van der Waals surface area contributed by atoms with Crippen LogP contribution in [0.25, 0.3) is 0 Å². The highest BCUT2D eigenvalue weighted by molar-refractivity contribution is 7.86. The highest BCUT2D eigenvalue weighted by Gasteiger charge is 2.20. The maximum Gasteiger partial charge on any atom is 0.294 e. The summed E-state index contributed by atoms with van der Waals surface area (Å²) in [5, 5.41) is 0. The average Bonchev–Trinajstić information content (AvgIpc) is 2.05. The molecule has 1 rings (SSSR count). The van der Waals surface area contributed by atoms with Gasteiger partial charge in [0.2, 0.25) is 0 Å². The van der Waals surface area contributed by atoms with Crippen LogP contribution in [0.1, 0.15) is 5.56 Å². The zero-order valence-corrected chi connectivity index (χ0v) is 9.71. The second-order valence-electron chi connectivity index (χ2n) is 3.09. The topological polar surface area (TPSA) is 135 Å². The average molecular weight is 267 g/mol. The van der Waals surface area contributed by atoms with E-state index in [2.05, 4.69) is 0 Å². The molecule has 0 aromatic heterocycles. The molecule has 0 heterocycles. The molecule has 0 radical (unpaired) electrons. The van der Waals surface area contributed by atoms with Crippen molar-refractivity contribution in [2.24, 2.45) is 0 Å². The maximum absolute atomic E-state index is 10.9. The van der Waals surface area contributed by atoms with Crippen LogP contribution in [0.2, 0.25) is 0 Å². The summed E-state index contributed by atoms with van der Waals surface area (Å²) in [5.74, 6) is 0. The van der Waals surface area contributed by atoms with Gasteiger partial charge in [-0.05, 0) is 24.6 Å². The van der Waals surface area contributed by atoms with Crippen molar-refractivity contribution < 1.29 is 25.9 Å². The monoisotopic (exact) mass is 267 g/mol. The van der Waals surface area contributed by atoms with Gasteiger partial charge in [-0.15, -0.1) is 0 Å². The summed E-state index contributed by atoms with van der Waals surface area (Å²) in [5.41, 5.74) is 5.21. The van der Waals surface area contributed by atoms with E-state index in [1.165, 1.54) is 6.92 Å². The number of hydrogen-bond acceptors (Lipinski definition) is 5. The van der Waals surface area contributed by atoms with Gasteiger partial charge in [0.05, 0.1) is 4.90 Å². The molecule has 0 bridgehead atoms. The van der Waals surface area contributed by atoms with E-state index in [9.17, 15) is 16.8 Å². The van der Waals surface area contributed by atoms with Crippen molar-refractivity contribution in [1.29, 1.82) is 0 Å². The molecule has 4 N–H and O–H groups in total. The first kappa shape index (κ1) is 12.9. The maximum atomic E-state index is 10.9. The summed E-state index contributed by atoms with van der Waals surface area (Å²) in [7, 11) is -9.17. The molecule has 7 nitrogen and oxygen atoms in total. The summed E-state index contributed by atoms with van der Waals surface area (Å²) >= 11 is 0. The largest absolute Gasteiger partial charge is 0.398 e. The second-order valence-corrected chi connectivity index (χ2v) is 5.90. The summed E-state index contributed by atoms with van der Waals surface area (Å²) in [6.45, 7) is 1.30. The Kier molecular flexibility index (Phi) is 2.98. The van der Waals surface area contributed by atoms with Crippen LogP contribution in [-0.2, 0) is 20.2 Å². The number of rotatable bonds is 2. The summed E-state index contributed by atoms with van der Waals surface area (Å²) in [6, 6.07) is 1.54. The van der Waals surface area contributed by atoms with Gasteiger partial charge >= 0.3 is 0 Å². The molecule has 0 fully saturated rings. The van der Waals surface area contributed by atoms with Crippen LogP contribution in [0.4, 0.5) is 5.69 Å². The van der Waals surface area contributed by atoms with Crippen molar-refractivity contribution in [3.63, 3.8) is 0 Å².